The monoisotopic (exact) mass is 444 g/mol. The van der Waals surface area contributed by atoms with E-state index in [9.17, 15) is 14.7 Å². The number of aromatic hydroxyl groups is 1. The number of nitrogens with zero attached hydrogens (tertiary/aromatic N) is 1. The molecule has 0 bridgehead atoms. The maximum absolute atomic E-state index is 12.8. The van der Waals surface area contributed by atoms with Gasteiger partial charge < -0.3 is 19.9 Å². The normalized spacial score (nSPS) is 23.4. The summed E-state index contributed by atoms with van der Waals surface area (Å²) in [6.45, 7) is 1.55. The first kappa shape index (κ1) is 21.4. The van der Waals surface area contributed by atoms with Gasteiger partial charge in [-0.2, -0.15) is 0 Å². The summed E-state index contributed by atoms with van der Waals surface area (Å²) in [5.41, 5.74) is 0.748. The van der Waals surface area contributed by atoms with E-state index in [2.05, 4.69) is 10.3 Å². The zero-order chi connectivity index (χ0) is 22.2. The van der Waals surface area contributed by atoms with E-state index in [1.165, 1.54) is 19.4 Å². The maximum atomic E-state index is 12.8. The minimum absolute atomic E-state index is 0.127. The summed E-state index contributed by atoms with van der Waals surface area (Å²) in [4.78, 5) is 29.2. The van der Waals surface area contributed by atoms with E-state index in [1.54, 1.807) is 6.92 Å². The molecule has 1 aromatic heterocycles. The molecule has 2 aromatic rings. The molecule has 2 fully saturated rings. The second kappa shape index (κ2) is 8.38. The summed E-state index contributed by atoms with van der Waals surface area (Å²) in [5, 5.41) is 13.3. The van der Waals surface area contributed by atoms with Crippen molar-refractivity contribution in [3.8, 4) is 11.5 Å². The smallest absolute Gasteiger partial charge is 0.328 e. The van der Waals surface area contributed by atoms with Crippen LogP contribution in [0.2, 0.25) is 5.02 Å². The third-order valence-corrected chi connectivity index (χ3v) is 6.62. The number of amides is 1. The molecule has 3 atom stereocenters. The van der Waals surface area contributed by atoms with Crippen LogP contribution in [0.4, 0.5) is 0 Å². The van der Waals surface area contributed by atoms with E-state index in [-0.39, 0.29) is 28.7 Å². The molecule has 1 amide bonds. The molecule has 164 valence electrons. The number of methoxy groups -OCH3 is 1. The Labute approximate surface area is 185 Å². The fourth-order valence-electron chi connectivity index (χ4n) is 4.46. The van der Waals surface area contributed by atoms with E-state index >= 15 is 0 Å². The Morgan fingerprint density at radius 3 is 2.52 bits per heavy atom. The molecule has 2 unspecified atom stereocenters. The summed E-state index contributed by atoms with van der Waals surface area (Å²) in [5.74, 6) is -0.956. The lowest BCUT2D eigenvalue weighted by Crippen LogP contribution is -2.54. The van der Waals surface area contributed by atoms with Crippen molar-refractivity contribution in [2.24, 2.45) is 5.92 Å². The van der Waals surface area contributed by atoms with E-state index in [0.29, 0.717) is 10.9 Å². The molecule has 4 rings (SSSR count). The van der Waals surface area contributed by atoms with Gasteiger partial charge in [0.2, 0.25) is 0 Å². The number of esters is 1. The molecule has 31 heavy (non-hydrogen) atoms. The summed E-state index contributed by atoms with van der Waals surface area (Å²) < 4.78 is 10.9. The fourth-order valence-corrected chi connectivity index (χ4v) is 4.59. The molecule has 2 aliphatic rings. The lowest BCUT2D eigenvalue weighted by atomic mass is 9.59. The number of benzene rings is 1. The molecule has 7 nitrogen and oxygen atoms in total. The Balaban J connectivity index is 1.44. The molecule has 2 aliphatic carbocycles. The Morgan fingerprint density at radius 2 is 1.94 bits per heavy atom. The van der Waals surface area contributed by atoms with E-state index < -0.39 is 17.9 Å². The lowest BCUT2D eigenvalue weighted by Gasteiger charge is -2.50. The van der Waals surface area contributed by atoms with Crippen molar-refractivity contribution in [2.75, 3.05) is 7.11 Å². The van der Waals surface area contributed by atoms with Crippen LogP contribution in [-0.4, -0.2) is 41.2 Å². The predicted octanol–water partition coefficient (Wildman–Crippen LogP) is 3.62. The molecule has 8 heteroatoms. The number of aromatic nitrogens is 1. The van der Waals surface area contributed by atoms with Crippen LogP contribution in [-0.2, 0) is 14.9 Å². The van der Waals surface area contributed by atoms with E-state index in [4.69, 9.17) is 21.1 Å². The van der Waals surface area contributed by atoms with Crippen molar-refractivity contribution < 1.29 is 24.2 Å². The lowest BCUT2D eigenvalue weighted by molar-refractivity contribution is -0.164. The van der Waals surface area contributed by atoms with Crippen molar-refractivity contribution in [1.29, 1.82) is 0 Å². The third kappa shape index (κ3) is 3.94. The van der Waals surface area contributed by atoms with Crippen LogP contribution >= 0.6 is 11.6 Å². The van der Waals surface area contributed by atoms with Crippen LogP contribution in [0, 0.1) is 5.92 Å². The molecular weight excluding hydrogens is 420 g/mol. The minimum Gasteiger partial charge on any atom is -0.503 e. The fraction of sp³-hybridized carbons (Fsp3) is 0.435. The molecule has 2 N–H and O–H groups in total. The second-order valence-electron chi connectivity index (χ2n) is 8.19. The second-order valence-corrected chi connectivity index (χ2v) is 8.63. The zero-order valence-electron chi connectivity index (χ0n) is 17.4. The number of ether oxygens (including phenoxy) is 2. The Kier molecular flexibility index (Phi) is 5.79. The number of nitrogens with one attached hydrogen (secondary N) is 1. The average molecular weight is 445 g/mol. The van der Waals surface area contributed by atoms with Gasteiger partial charge in [-0.15, -0.1) is 0 Å². The molecule has 0 aliphatic heterocycles. The van der Waals surface area contributed by atoms with Gasteiger partial charge >= 0.3 is 5.97 Å². The Morgan fingerprint density at radius 1 is 1.23 bits per heavy atom. The van der Waals surface area contributed by atoms with Crippen LogP contribution in [0.5, 0.6) is 11.5 Å². The highest BCUT2D eigenvalue weighted by Crippen LogP contribution is 2.59. The van der Waals surface area contributed by atoms with Crippen LogP contribution in [0.1, 0.15) is 48.7 Å². The molecule has 2 saturated carbocycles. The number of pyridine rings is 1. The highest BCUT2D eigenvalue weighted by atomic mass is 35.5. The molecular formula is C23H25ClN2O5. The molecule has 0 spiro atoms. The standard InChI is InChI=1S/C23H25ClN2O5/c1-13(26-21(28)19-20(27)17(30-2)10-12-25-19)22(29)31-18-9-11-23(18,14-3-4-14)15-5-7-16(24)8-6-15/h5-8,10,12-14,18,27H,3-4,9,11H2,1-2H3,(H,26,28)/t13-,18?,23?/m0/s1. The van der Waals surface area contributed by atoms with Gasteiger partial charge in [0.1, 0.15) is 12.1 Å². The first-order valence-electron chi connectivity index (χ1n) is 10.4. The van der Waals surface area contributed by atoms with Crippen LogP contribution in [0.15, 0.2) is 36.5 Å². The highest BCUT2D eigenvalue weighted by Gasteiger charge is 2.58. The van der Waals surface area contributed by atoms with Crippen molar-refractivity contribution in [3.05, 3.63) is 52.8 Å². The largest absolute Gasteiger partial charge is 0.503 e. The van der Waals surface area contributed by atoms with Crippen LogP contribution in [0.3, 0.4) is 0 Å². The number of hydrogen-bond acceptors (Lipinski definition) is 6. The highest BCUT2D eigenvalue weighted by molar-refractivity contribution is 6.30. The van der Waals surface area contributed by atoms with Crippen molar-refractivity contribution in [3.63, 3.8) is 0 Å². The zero-order valence-corrected chi connectivity index (χ0v) is 18.2. The summed E-state index contributed by atoms with van der Waals surface area (Å²) in [6.07, 6.45) is 5.08. The maximum Gasteiger partial charge on any atom is 0.328 e. The van der Waals surface area contributed by atoms with Gasteiger partial charge in [-0.05, 0) is 56.2 Å². The molecule has 0 saturated heterocycles. The van der Waals surface area contributed by atoms with Crippen molar-refractivity contribution >= 4 is 23.5 Å². The first-order valence-corrected chi connectivity index (χ1v) is 10.7. The quantitative estimate of drug-likeness (QED) is 0.633. The molecule has 1 heterocycles. The Bertz CT molecular complexity index is 992. The number of rotatable bonds is 7. The van der Waals surface area contributed by atoms with Gasteiger partial charge in [-0.25, -0.2) is 9.78 Å². The third-order valence-electron chi connectivity index (χ3n) is 6.36. The summed E-state index contributed by atoms with van der Waals surface area (Å²) in [6, 6.07) is 8.31. The van der Waals surface area contributed by atoms with Crippen molar-refractivity contribution in [2.45, 2.75) is 50.2 Å². The topological polar surface area (TPSA) is 97.8 Å². The van der Waals surface area contributed by atoms with Gasteiger partial charge in [0.15, 0.2) is 17.2 Å². The number of carbonyl (C=O) groups is 2. The average Bonchev–Trinajstić information content (AvgIpc) is 3.58. The van der Waals surface area contributed by atoms with Crippen molar-refractivity contribution in [1.82, 2.24) is 10.3 Å². The first-order chi connectivity index (χ1) is 14.9. The van der Waals surface area contributed by atoms with Crippen LogP contribution < -0.4 is 10.1 Å². The predicted molar refractivity (Wildman–Crippen MR) is 114 cm³/mol. The molecule has 1 aromatic carbocycles. The Hall–Kier alpha value is -2.80. The van der Waals surface area contributed by atoms with E-state index in [1.807, 2.05) is 24.3 Å². The molecule has 0 radical (unpaired) electrons. The SMILES string of the molecule is COc1ccnc(C(=O)N[C@@H](C)C(=O)OC2CCC2(c2ccc(Cl)cc2)C2CC2)c1O. The van der Waals surface area contributed by atoms with E-state index in [0.717, 1.165) is 31.2 Å². The van der Waals surface area contributed by atoms with Gasteiger partial charge in [0, 0.05) is 22.7 Å². The minimum atomic E-state index is -0.900. The van der Waals surface area contributed by atoms with Gasteiger partial charge in [-0.3, -0.25) is 4.79 Å². The summed E-state index contributed by atoms with van der Waals surface area (Å²) >= 11 is 6.05. The number of hydrogen-bond donors (Lipinski definition) is 2. The van der Waals surface area contributed by atoms with Gasteiger partial charge in [0.05, 0.1) is 7.11 Å². The summed E-state index contributed by atoms with van der Waals surface area (Å²) in [7, 11) is 1.38. The number of carbonyl (C=O) groups excluding carboxylic acids is 2. The van der Waals surface area contributed by atoms with Crippen LogP contribution in [0.25, 0.3) is 0 Å². The van der Waals surface area contributed by atoms with Gasteiger partial charge in [-0.1, -0.05) is 23.7 Å². The number of halogens is 1. The van der Waals surface area contributed by atoms with Gasteiger partial charge in [0.25, 0.3) is 5.91 Å².